The number of hydrogen-bond donors (Lipinski definition) is 0. The first kappa shape index (κ1) is 13.9. The van der Waals surface area contributed by atoms with Crippen LogP contribution in [0.15, 0.2) is 24.3 Å². The molecule has 1 fully saturated rings. The summed E-state index contributed by atoms with van der Waals surface area (Å²) in [5.41, 5.74) is 2.39. The van der Waals surface area contributed by atoms with Gasteiger partial charge >= 0.3 is 5.97 Å². The third-order valence-corrected chi connectivity index (χ3v) is 4.72. The fourth-order valence-electron chi connectivity index (χ4n) is 2.35. The molecule has 4 nitrogen and oxygen atoms in total. The number of thiazole rings is 1. The fourth-order valence-corrected chi connectivity index (χ4v) is 3.35. The number of ketones is 1. The summed E-state index contributed by atoms with van der Waals surface area (Å²) in [5, 5.41) is 0.711. The fraction of sp³-hybridized carbons (Fsp3) is 0.312. The second-order valence-electron chi connectivity index (χ2n) is 5.11. The number of hydrogen-bond acceptors (Lipinski definition) is 5. The Bertz CT molecular complexity index is 716. The maximum absolute atomic E-state index is 11.8. The number of aromatic nitrogens is 1. The molecule has 0 unspecified atom stereocenters. The van der Waals surface area contributed by atoms with Gasteiger partial charge in [0.1, 0.15) is 9.88 Å². The molecule has 1 aliphatic rings. The van der Waals surface area contributed by atoms with Crippen LogP contribution in [0.25, 0.3) is 10.6 Å². The van der Waals surface area contributed by atoms with Crippen molar-refractivity contribution in [2.24, 2.45) is 0 Å². The highest BCUT2D eigenvalue weighted by molar-refractivity contribution is 7.17. The van der Waals surface area contributed by atoms with E-state index in [1.54, 1.807) is 0 Å². The van der Waals surface area contributed by atoms with E-state index in [1.165, 1.54) is 43.8 Å². The molecule has 2 aromatic rings. The number of nitrogens with zero attached hydrogens (tertiary/aromatic N) is 1. The van der Waals surface area contributed by atoms with Crippen molar-refractivity contribution in [2.45, 2.75) is 25.7 Å². The van der Waals surface area contributed by atoms with Gasteiger partial charge < -0.3 is 4.74 Å². The number of rotatable bonds is 4. The lowest BCUT2D eigenvalue weighted by molar-refractivity contribution is 0.0591. The van der Waals surface area contributed by atoms with Crippen LogP contribution in [0.3, 0.4) is 0 Å². The van der Waals surface area contributed by atoms with Crippen molar-refractivity contribution in [3.05, 3.63) is 40.4 Å². The van der Waals surface area contributed by atoms with Gasteiger partial charge in [0.25, 0.3) is 0 Å². The van der Waals surface area contributed by atoms with Gasteiger partial charge in [0, 0.05) is 12.5 Å². The van der Waals surface area contributed by atoms with Crippen molar-refractivity contribution in [3.63, 3.8) is 0 Å². The lowest BCUT2D eigenvalue weighted by atomic mass is 10.0. The van der Waals surface area contributed by atoms with Gasteiger partial charge in [-0.25, -0.2) is 9.78 Å². The Labute approximate surface area is 126 Å². The molecule has 0 bridgehead atoms. The maximum Gasteiger partial charge on any atom is 0.358 e. The second kappa shape index (κ2) is 5.41. The number of carbonyl (C=O) groups excluding carboxylic acids is 2. The van der Waals surface area contributed by atoms with Gasteiger partial charge in [-0.05, 0) is 24.3 Å². The van der Waals surface area contributed by atoms with Gasteiger partial charge in [0.05, 0.1) is 7.11 Å². The molecule has 1 aromatic carbocycles. The zero-order valence-electron chi connectivity index (χ0n) is 11.9. The summed E-state index contributed by atoms with van der Waals surface area (Å²) in [6.07, 6.45) is 2.37. The van der Waals surface area contributed by atoms with Crippen molar-refractivity contribution in [3.8, 4) is 10.6 Å². The average molecular weight is 301 g/mol. The molecule has 0 N–H and O–H groups in total. The minimum atomic E-state index is -0.563. The SMILES string of the molecule is COC(=O)c1nc(-c2ccccc2C2CC2)sc1C(C)=O. The first-order chi connectivity index (χ1) is 10.1. The standard InChI is InChI=1S/C16H15NO3S/c1-9(18)14-13(16(19)20-2)17-15(21-14)12-6-4-3-5-11(12)10-7-8-10/h3-6,10H,7-8H2,1-2H3. The molecule has 1 aromatic heterocycles. The van der Waals surface area contributed by atoms with Crippen molar-refractivity contribution < 1.29 is 14.3 Å². The Morgan fingerprint density at radius 2 is 2.00 bits per heavy atom. The van der Waals surface area contributed by atoms with E-state index in [0.717, 1.165) is 5.56 Å². The first-order valence-corrected chi connectivity index (χ1v) is 7.63. The average Bonchev–Trinajstić information content (AvgIpc) is 3.24. The van der Waals surface area contributed by atoms with Crippen LogP contribution in [0.4, 0.5) is 0 Å². The van der Waals surface area contributed by atoms with E-state index >= 15 is 0 Å². The zero-order valence-corrected chi connectivity index (χ0v) is 12.7. The lowest BCUT2D eigenvalue weighted by Gasteiger charge is -2.04. The van der Waals surface area contributed by atoms with E-state index in [9.17, 15) is 9.59 Å². The van der Waals surface area contributed by atoms with Gasteiger partial charge in [-0.3, -0.25) is 4.79 Å². The van der Waals surface area contributed by atoms with Crippen LogP contribution >= 0.6 is 11.3 Å². The molecule has 0 amide bonds. The third kappa shape index (κ3) is 2.61. The van der Waals surface area contributed by atoms with Crippen LogP contribution in [0, 0.1) is 0 Å². The largest absolute Gasteiger partial charge is 0.464 e. The minimum absolute atomic E-state index is 0.121. The predicted octanol–water partition coefficient (Wildman–Crippen LogP) is 3.68. The molecule has 0 spiro atoms. The normalized spacial score (nSPS) is 14.0. The Kier molecular flexibility index (Phi) is 3.59. The highest BCUT2D eigenvalue weighted by Gasteiger charge is 2.28. The number of esters is 1. The molecule has 0 radical (unpaired) electrons. The van der Waals surface area contributed by atoms with Crippen LogP contribution in [-0.2, 0) is 4.74 Å². The van der Waals surface area contributed by atoms with Crippen molar-refractivity contribution in [2.75, 3.05) is 7.11 Å². The van der Waals surface area contributed by atoms with Crippen molar-refractivity contribution >= 4 is 23.1 Å². The summed E-state index contributed by atoms with van der Waals surface area (Å²) in [6.45, 7) is 1.44. The Morgan fingerprint density at radius 1 is 1.29 bits per heavy atom. The number of benzene rings is 1. The molecule has 0 saturated heterocycles. The Balaban J connectivity index is 2.11. The minimum Gasteiger partial charge on any atom is -0.464 e. The Morgan fingerprint density at radius 3 is 2.62 bits per heavy atom. The molecular formula is C16H15NO3S. The van der Waals surface area contributed by atoms with Crippen LogP contribution in [0.5, 0.6) is 0 Å². The number of ether oxygens (including phenoxy) is 1. The predicted molar refractivity (Wildman–Crippen MR) is 80.9 cm³/mol. The van der Waals surface area contributed by atoms with Gasteiger partial charge in [0.2, 0.25) is 0 Å². The molecule has 0 atom stereocenters. The molecule has 1 heterocycles. The molecular weight excluding hydrogens is 286 g/mol. The number of methoxy groups -OCH3 is 1. The smallest absolute Gasteiger partial charge is 0.358 e. The van der Waals surface area contributed by atoms with Crippen LogP contribution in [0.1, 0.15) is 51.4 Å². The van der Waals surface area contributed by atoms with E-state index in [-0.39, 0.29) is 11.5 Å². The third-order valence-electron chi connectivity index (χ3n) is 3.53. The summed E-state index contributed by atoms with van der Waals surface area (Å²) < 4.78 is 4.72. The summed E-state index contributed by atoms with van der Waals surface area (Å²) in [4.78, 5) is 28.2. The lowest BCUT2D eigenvalue weighted by Crippen LogP contribution is -2.06. The van der Waals surface area contributed by atoms with E-state index in [2.05, 4.69) is 11.1 Å². The second-order valence-corrected chi connectivity index (χ2v) is 6.11. The summed E-state index contributed by atoms with van der Waals surface area (Å²) in [5.74, 6) is -0.151. The van der Waals surface area contributed by atoms with Gasteiger partial charge in [-0.15, -0.1) is 11.3 Å². The van der Waals surface area contributed by atoms with E-state index in [0.29, 0.717) is 15.8 Å². The van der Waals surface area contributed by atoms with E-state index in [1.807, 2.05) is 18.2 Å². The van der Waals surface area contributed by atoms with Crippen LogP contribution in [0.2, 0.25) is 0 Å². The molecule has 21 heavy (non-hydrogen) atoms. The maximum atomic E-state index is 11.8. The number of carbonyl (C=O) groups is 2. The Hall–Kier alpha value is -2.01. The van der Waals surface area contributed by atoms with Crippen LogP contribution < -0.4 is 0 Å². The van der Waals surface area contributed by atoms with Crippen molar-refractivity contribution in [1.82, 2.24) is 4.98 Å². The molecule has 108 valence electrons. The monoisotopic (exact) mass is 301 g/mol. The molecule has 1 saturated carbocycles. The van der Waals surface area contributed by atoms with Gasteiger partial charge in [-0.2, -0.15) is 0 Å². The summed E-state index contributed by atoms with van der Waals surface area (Å²) in [6, 6.07) is 8.06. The highest BCUT2D eigenvalue weighted by Crippen LogP contribution is 2.45. The molecule has 0 aliphatic heterocycles. The van der Waals surface area contributed by atoms with Gasteiger partial charge in [0.15, 0.2) is 11.5 Å². The molecule has 3 rings (SSSR count). The quantitative estimate of drug-likeness (QED) is 0.638. The van der Waals surface area contributed by atoms with Crippen molar-refractivity contribution in [1.29, 1.82) is 0 Å². The summed E-state index contributed by atoms with van der Waals surface area (Å²) >= 11 is 1.26. The van der Waals surface area contributed by atoms with Gasteiger partial charge in [-0.1, -0.05) is 24.3 Å². The summed E-state index contributed by atoms with van der Waals surface area (Å²) in [7, 11) is 1.30. The number of Topliss-reactive ketones (excluding diaryl/α,β-unsaturated/α-hetero) is 1. The molecule has 5 heteroatoms. The van der Waals surface area contributed by atoms with Crippen LogP contribution in [-0.4, -0.2) is 23.8 Å². The topological polar surface area (TPSA) is 56.3 Å². The highest BCUT2D eigenvalue weighted by atomic mass is 32.1. The zero-order chi connectivity index (χ0) is 15.0. The van der Waals surface area contributed by atoms with E-state index < -0.39 is 5.97 Å². The first-order valence-electron chi connectivity index (χ1n) is 6.81. The van der Waals surface area contributed by atoms with E-state index in [4.69, 9.17) is 4.74 Å². The molecule has 1 aliphatic carbocycles.